The molecule has 0 saturated carbocycles. The van der Waals surface area contributed by atoms with Crippen LogP contribution < -0.4 is 10.2 Å². The minimum atomic E-state index is -1.35. The van der Waals surface area contributed by atoms with Crippen molar-refractivity contribution in [3.05, 3.63) is 56.0 Å². The smallest absolute Gasteiger partial charge is 0.250 e. The van der Waals surface area contributed by atoms with Crippen LogP contribution in [0, 0.1) is 11.8 Å². The Morgan fingerprint density at radius 1 is 0.906 bits per heavy atom. The molecule has 1 spiro atoms. The van der Waals surface area contributed by atoms with Gasteiger partial charge in [0, 0.05) is 26.7 Å². The molecule has 6 nitrogen and oxygen atoms in total. The molecular formula is C22H15Cl4N3O3. The second-order valence-corrected chi connectivity index (χ2v) is 10.3. The molecule has 4 aliphatic heterocycles. The van der Waals surface area contributed by atoms with Crippen molar-refractivity contribution in [1.82, 2.24) is 4.90 Å². The standard InChI is InChI=1S/C22H15Cl4N3O3/c23-9-4-10(24)6-12(5-9)29-19(30)16-15-2-1-3-28(15)22(17(16)20(29)31)13-7-11(25)8-14(26)18(13)27-21(22)32/h4-8,15-17H,1-3H2,(H,27,32). The number of fused-ring (bicyclic) bond motifs is 7. The highest BCUT2D eigenvalue weighted by Gasteiger charge is 2.74. The van der Waals surface area contributed by atoms with Crippen molar-refractivity contribution < 1.29 is 14.4 Å². The summed E-state index contributed by atoms with van der Waals surface area (Å²) < 4.78 is 0. The molecule has 0 radical (unpaired) electrons. The van der Waals surface area contributed by atoms with Gasteiger partial charge in [-0.05, 0) is 49.7 Å². The van der Waals surface area contributed by atoms with Gasteiger partial charge in [0.15, 0.2) is 0 Å². The molecule has 32 heavy (non-hydrogen) atoms. The van der Waals surface area contributed by atoms with Crippen molar-refractivity contribution in [3.63, 3.8) is 0 Å². The lowest BCUT2D eigenvalue weighted by Crippen LogP contribution is -2.54. The van der Waals surface area contributed by atoms with Crippen LogP contribution in [0.25, 0.3) is 0 Å². The predicted molar refractivity (Wildman–Crippen MR) is 122 cm³/mol. The highest BCUT2D eigenvalue weighted by molar-refractivity contribution is 6.38. The lowest BCUT2D eigenvalue weighted by molar-refractivity contribution is -0.135. The number of halogens is 4. The van der Waals surface area contributed by atoms with E-state index in [0.717, 1.165) is 11.3 Å². The number of carbonyl (C=O) groups is 3. The first-order valence-corrected chi connectivity index (χ1v) is 11.7. The third-order valence-electron chi connectivity index (χ3n) is 7.12. The van der Waals surface area contributed by atoms with Crippen LogP contribution >= 0.6 is 46.4 Å². The van der Waals surface area contributed by atoms with Gasteiger partial charge in [0.2, 0.25) is 11.8 Å². The summed E-state index contributed by atoms with van der Waals surface area (Å²) in [5.41, 5.74) is -0.0581. The van der Waals surface area contributed by atoms with Gasteiger partial charge in [0.05, 0.1) is 28.2 Å². The van der Waals surface area contributed by atoms with E-state index in [2.05, 4.69) is 5.32 Å². The summed E-state index contributed by atoms with van der Waals surface area (Å²) in [7, 11) is 0. The fourth-order valence-electron chi connectivity index (χ4n) is 6.15. The predicted octanol–water partition coefficient (Wildman–Crippen LogP) is 4.73. The van der Waals surface area contributed by atoms with Crippen molar-refractivity contribution in [3.8, 4) is 0 Å². The molecule has 0 bridgehead atoms. The van der Waals surface area contributed by atoms with Crippen LogP contribution in [0.3, 0.4) is 0 Å². The van der Waals surface area contributed by atoms with Crippen molar-refractivity contribution in [2.75, 3.05) is 16.8 Å². The first-order chi connectivity index (χ1) is 15.2. The molecule has 164 valence electrons. The summed E-state index contributed by atoms with van der Waals surface area (Å²) in [6, 6.07) is 7.57. The summed E-state index contributed by atoms with van der Waals surface area (Å²) in [6.45, 7) is 0.595. The molecule has 3 fully saturated rings. The number of amides is 3. The van der Waals surface area contributed by atoms with Gasteiger partial charge in [0.1, 0.15) is 5.54 Å². The van der Waals surface area contributed by atoms with Crippen LogP contribution in [0.4, 0.5) is 11.4 Å². The second kappa shape index (κ2) is 6.84. The van der Waals surface area contributed by atoms with Gasteiger partial charge in [0.25, 0.3) is 5.91 Å². The highest BCUT2D eigenvalue weighted by atomic mass is 35.5. The quantitative estimate of drug-likeness (QED) is 0.563. The van der Waals surface area contributed by atoms with E-state index in [-0.39, 0.29) is 17.9 Å². The molecule has 2 aromatic rings. The molecule has 0 aromatic heterocycles. The Labute approximate surface area is 203 Å². The number of nitrogens with one attached hydrogen (secondary N) is 1. The molecule has 3 saturated heterocycles. The molecule has 4 unspecified atom stereocenters. The first-order valence-electron chi connectivity index (χ1n) is 10.2. The molecule has 2 aromatic carbocycles. The largest absolute Gasteiger partial charge is 0.323 e. The van der Waals surface area contributed by atoms with E-state index in [4.69, 9.17) is 46.4 Å². The van der Waals surface area contributed by atoms with Gasteiger partial charge in [-0.2, -0.15) is 0 Å². The number of benzene rings is 2. The Kier molecular flexibility index (Phi) is 4.44. The van der Waals surface area contributed by atoms with Gasteiger partial charge in [-0.1, -0.05) is 46.4 Å². The first kappa shape index (κ1) is 20.8. The monoisotopic (exact) mass is 509 g/mol. The van der Waals surface area contributed by atoms with E-state index >= 15 is 0 Å². The van der Waals surface area contributed by atoms with Gasteiger partial charge in [-0.3, -0.25) is 19.3 Å². The number of hydrogen-bond donors (Lipinski definition) is 1. The summed E-state index contributed by atoms with van der Waals surface area (Å²) in [5.74, 6) is -2.73. The maximum Gasteiger partial charge on any atom is 0.250 e. The topological polar surface area (TPSA) is 69.7 Å². The SMILES string of the molecule is O=C1C2C3CCCN3C3(C(=O)Nc4c(Cl)cc(Cl)cc43)C2C(=O)N1c1cc(Cl)cc(Cl)c1. The van der Waals surface area contributed by atoms with E-state index in [0.29, 0.717) is 50.0 Å². The fraction of sp³-hybridized carbons (Fsp3) is 0.318. The molecule has 3 amide bonds. The average Bonchev–Trinajstić information content (AvgIpc) is 3.40. The third kappa shape index (κ3) is 2.45. The van der Waals surface area contributed by atoms with E-state index in [9.17, 15) is 14.4 Å². The van der Waals surface area contributed by atoms with Crippen LogP contribution in [0.15, 0.2) is 30.3 Å². The van der Waals surface area contributed by atoms with Gasteiger partial charge in [-0.25, -0.2) is 4.90 Å². The Balaban J connectivity index is 1.58. The van der Waals surface area contributed by atoms with Crippen molar-refractivity contribution >= 4 is 75.5 Å². The zero-order valence-corrected chi connectivity index (χ0v) is 19.4. The summed E-state index contributed by atoms with van der Waals surface area (Å²) in [6.07, 6.45) is 1.53. The lowest BCUT2D eigenvalue weighted by Gasteiger charge is -2.36. The zero-order chi connectivity index (χ0) is 22.5. The fourth-order valence-corrected chi connectivity index (χ4v) is 7.20. The summed E-state index contributed by atoms with van der Waals surface area (Å²) in [5, 5.41) is 4.14. The van der Waals surface area contributed by atoms with E-state index < -0.39 is 23.3 Å². The van der Waals surface area contributed by atoms with Gasteiger partial charge < -0.3 is 5.32 Å². The minimum Gasteiger partial charge on any atom is -0.323 e. The van der Waals surface area contributed by atoms with E-state index in [1.807, 2.05) is 4.90 Å². The summed E-state index contributed by atoms with van der Waals surface area (Å²) in [4.78, 5) is 44.3. The highest BCUT2D eigenvalue weighted by Crippen LogP contribution is 2.61. The second-order valence-electron chi connectivity index (χ2n) is 8.58. The maximum atomic E-state index is 13.9. The Hall–Kier alpha value is -1.83. The molecular weight excluding hydrogens is 496 g/mol. The number of carbonyl (C=O) groups excluding carboxylic acids is 3. The number of nitrogens with zero attached hydrogens (tertiary/aromatic N) is 2. The maximum absolute atomic E-state index is 13.9. The summed E-state index contributed by atoms with van der Waals surface area (Å²) >= 11 is 25.0. The van der Waals surface area contributed by atoms with Crippen molar-refractivity contribution in [1.29, 1.82) is 0 Å². The van der Waals surface area contributed by atoms with Crippen molar-refractivity contribution in [2.45, 2.75) is 24.4 Å². The van der Waals surface area contributed by atoms with Crippen LogP contribution in [0.2, 0.25) is 20.1 Å². The van der Waals surface area contributed by atoms with Gasteiger partial charge >= 0.3 is 0 Å². The van der Waals surface area contributed by atoms with Crippen LogP contribution in [-0.4, -0.2) is 35.2 Å². The molecule has 0 aliphatic carbocycles. The normalized spacial score (nSPS) is 30.8. The Morgan fingerprint density at radius 2 is 1.59 bits per heavy atom. The molecule has 4 atom stereocenters. The number of rotatable bonds is 1. The molecule has 6 rings (SSSR count). The lowest BCUT2D eigenvalue weighted by atomic mass is 9.75. The molecule has 4 heterocycles. The van der Waals surface area contributed by atoms with Crippen LogP contribution in [-0.2, 0) is 19.9 Å². The average molecular weight is 511 g/mol. The molecule has 10 heteroatoms. The van der Waals surface area contributed by atoms with E-state index in [1.165, 1.54) is 18.2 Å². The van der Waals surface area contributed by atoms with Gasteiger partial charge in [-0.15, -0.1) is 0 Å². The number of imide groups is 1. The third-order valence-corrected chi connectivity index (χ3v) is 8.08. The molecule has 1 N–H and O–H groups in total. The minimum absolute atomic E-state index is 0.245. The van der Waals surface area contributed by atoms with Crippen LogP contribution in [0.1, 0.15) is 18.4 Å². The number of hydrogen-bond acceptors (Lipinski definition) is 4. The Morgan fingerprint density at radius 3 is 2.31 bits per heavy atom. The van der Waals surface area contributed by atoms with Crippen molar-refractivity contribution in [2.24, 2.45) is 11.8 Å². The number of anilines is 2. The molecule has 4 aliphatic rings. The van der Waals surface area contributed by atoms with E-state index in [1.54, 1.807) is 12.1 Å². The Bertz CT molecular complexity index is 1230. The zero-order valence-electron chi connectivity index (χ0n) is 16.4. The van der Waals surface area contributed by atoms with Crippen LogP contribution in [0.5, 0.6) is 0 Å².